The fourth-order valence-electron chi connectivity index (χ4n) is 2.08. The summed E-state index contributed by atoms with van der Waals surface area (Å²) in [4.78, 5) is 11.9. The van der Waals surface area contributed by atoms with Gasteiger partial charge in [-0.25, -0.2) is 0 Å². The van der Waals surface area contributed by atoms with Crippen LogP contribution in [0.5, 0.6) is 5.75 Å². The summed E-state index contributed by atoms with van der Waals surface area (Å²) in [6.07, 6.45) is 3.96. The molecule has 0 saturated heterocycles. The van der Waals surface area contributed by atoms with Crippen molar-refractivity contribution in [3.63, 3.8) is 0 Å². The highest BCUT2D eigenvalue weighted by Gasteiger charge is 2.14. The van der Waals surface area contributed by atoms with Crippen LogP contribution in [0.15, 0.2) is 18.2 Å². The van der Waals surface area contributed by atoms with Gasteiger partial charge in [0.15, 0.2) is 0 Å². The average Bonchev–Trinajstić information content (AvgIpc) is 2.85. The number of ether oxygens (including phenoxy) is 1. The van der Waals surface area contributed by atoms with Gasteiger partial charge in [-0.15, -0.1) is 0 Å². The van der Waals surface area contributed by atoms with Crippen molar-refractivity contribution < 1.29 is 9.53 Å². The second-order valence-corrected chi connectivity index (χ2v) is 4.53. The standard InChI is InChI=1S/C14H20N2O2/c15-7-2-1-3-8-16-14(17)12-4-5-13-11(10-12)6-9-18-13/h4-5,10H,1-3,6-9,15H2,(H,16,17). The van der Waals surface area contributed by atoms with Crippen molar-refractivity contribution in [3.8, 4) is 5.75 Å². The normalized spacial score (nSPS) is 12.9. The van der Waals surface area contributed by atoms with E-state index < -0.39 is 0 Å². The Balaban J connectivity index is 1.82. The predicted molar refractivity (Wildman–Crippen MR) is 70.9 cm³/mol. The summed E-state index contributed by atoms with van der Waals surface area (Å²) >= 11 is 0. The maximum absolute atomic E-state index is 11.9. The third-order valence-corrected chi connectivity index (χ3v) is 3.12. The summed E-state index contributed by atoms with van der Waals surface area (Å²) in [7, 11) is 0. The van der Waals surface area contributed by atoms with Gasteiger partial charge in [0.05, 0.1) is 6.61 Å². The molecule has 3 N–H and O–H groups in total. The summed E-state index contributed by atoms with van der Waals surface area (Å²) in [6, 6.07) is 5.63. The van der Waals surface area contributed by atoms with Gasteiger partial charge in [0.2, 0.25) is 0 Å². The Kier molecular flexibility index (Phi) is 4.59. The van der Waals surface area contributed by atoms with Crippen LogP contribution >= 0.6 is 0 Å². The van der Waals surface area contributed by atoms with Crippen LogP contribution in [-0.2, 0) is 6.42 Å². The monoisotopic (exact) mass is 248 g/mol. The van der Waals surface area contributed by atoms with Gasteiger partial charge in [-0.1, -0.05) is 6.42 Å². The molecule has 0 spiro atoms. The van der Waals surface area contributed by atoms with Crippen molar-refractivity contribution in [2.45, 2.75) is 25.7 Å². The van der Waals surface area contributed by atoms with Crippen LogP contribution in [0.3, 0.4) is 0 Å². The summed E-state index contributed by atoms with van der Waals surface area (Å²) in [5.41, 5.74) is 7.27. The fraction of sp³-hybridized carbons (Fsp3) is 0.500. The van der Waals surface area contributed by atoms with Crippen molar-refractivity contribution in [2.75, 3.05) is 19.7 Å². The van der Waals surface area contributed by atoms with E-state index in [1.165, 1.54) is 0 Å². The Bertz CT molecular complexity index is 418. The summed E-state index contributed by atoms with van der Waals surface area (Å²) in [6.45, 7) is 2.16. The largest absolute Gasteiger partial charge is 0.493 e. The van der Waals surface area contributed by atoms with Crippen molar-refractivity contribution in [2.24, 2.45) is 5.73 Å². The summed E-state index contributed by atoms with van der Waals surface area (Å²) < 4.78 is 5.42. The van der Waals surface area contributed by atoms with Gasteiger partial charge in [0, 0.05) is 18.5 Å². The third kappa shape index (κ3) is 3.23. The molecular weight excluding hydrogens is 228 g/mol. The quantitative estimate of drug-likeness (QED) is 0.749. The number of hydrogen-bond donors (Lipinski definition) is 2. The van der Waals surface area contributed by atoms with E-state index >= 15 is 0 Å². The molecule has 2 rings (SSSR count). The van der Waals surface area contributed by atoms with E-state index in [1.54, 1.807) is 0 Å². The molecule has 4 heteroatoms. The van der Waals surface area contributed by atoms with E-state index in [1.807, 2.05) is 18.2 Å². The van der Waals surface area contributed by atoms with E-state index in [0.717, 1.165) is 55.7 Å². The zero-order chi connectivity index (χ0) is 12.8. The zero-order valence-electron chi connectivity index (χ0n) is 10.6. The third-order valence-electron chi connectivity index (χ3n) is 3.12. The number of nitrogens with two attached hydrogens (primary N) is 1. The first-order chi connectivity index (χ1) is 8.81. The average molecular weight is 248 g/mol. The van der Waals surface area contributed by atoms with Crippen LogP contribution in [-0.4, -0.2) is 25.6 Å². The minimum atomic E-state index is -0.00236. The highest BCUT2D eigenvalue weighted by atomic mass is 16.5. The Morgan fingerprint density at radius 1 is 1.33 bits per heavy atom. The maximum Gasteiger partial charge on any atom is 0.251 e. The van der Waals surface area contributed by atoms with Crippen LogP contribution in [0.1, 0.15) is 35.2 Å². The number of carbonyl (C=O) groups is 1. The van der Waals surface area contributed by atoms with E-state index in [-0.39, 0.29) is 5.91 Å². The highest BCUT2D eigenvalue weighted by Crippen LogP contribution is 2.25. The molecule has 0 bridgehead atoms. The molecule has 0 aliphatic carbocycles. The molecule has 98 valence electrons. The smallest absolute Gasteiger partial charge is 0.251 e. The minimum Gasteiger partial charge on any atom is -0.493 e. The summed E-state index contributed by atoms with van der Waals surface area (Å²) in [5.74, 6) is 0.909. The van der Waals surface area contributed by atoms with Gasteiger partial charge in [-0.2, -0.15) is 0 Å². The lowest BCUT2D eigenvalue weighted by Crippen LogP contribution is -2.24. The van der Waals surface area contributed by atoms with Gasteiger partial charge in [0.25, 0.3) is 5.91 Å². The van der Waals surface area contributed by atoms with Crippen LogP contribution in [0.2, 0.25) is 0 Å². The molecule has 4 nitrogen and oxygen atoms in total. The van der Waals surface area contributed by atoms with Crippen molar-refractivity contribution in [3.05, 3.63) is 29.3 Å². The zero-order valence-corrected chi connectivity index (χ0v) is 10.6. The van der Waals surface area contributed by atoms with Crippen LogP contribution in [0.25, 0.3) is 0 Å². The topological polar surface area (TPSA) is 64.3 Å². The molecule has 18 heavy (non-hydrogen) atoms. The van der Waals surface area contributed by atoms with Gasteiger partial charge < -0.3 is 15.8 Å². The van der Waals surface area contributed by atoms with Crippen LogP contribution < -0.4 is 15.8 Å². The van der Waals surface area contributed by atoms with Crippen LogP contribution in [0, 0.1) is 0 Å². The number of benzene rings is 1. The van der Waals surface area contributed by atoms with Crippen LogP contribution in [0.4, 0.5) is 0 Å². The lowest BCUT2D eigenvalue weighted by molar-refractivity contribution is 0.0953. The molecule has 1 aromatic carbocycles. The number of rotatable bonds is 6. The SMILES string of the molecule is NCCCCCNC(=O)c1ccc2c(c1)CCO2. The van der Waals surface area contributed by atoms with Gasteiger partial charge in [-0.05, 0) is 43.1 Å². The van der Waals surface area contributed by atoms with E-state index in [4.69, 9.17) is 10.5 Å². The first kappa shape index (κ1) is 12.9. The summed E-state index contributed by atoms with van der Waals surface area (Å²) in [5, 5.41) is 2.93. The number of hydrogen-bond acceptors (Lipinski definition) is 3. The van der Waals surface area contributed by atoms with Gasteiger partial charge >= 0.3 is 0 Å². The van der Waals surface area contributed by atoms with Crippen molar-refractivity contribution in [1.82, 2.24) is 5.32 Å². The lowest BCUT2D eigenvalue weighted by atomic mass is 10.1. The maximum atomic E-state index is 11.9. The van der Waals surface area contributed by atoms with E-state index in [9.17, 15) is 4.79 Å². The first-order valence-corrected chi connectivity index (χ1v) is 6.55. The Hall–Kier alpha value is -1.55. The molecule has 0 unspecified atom stereocenters. The van der Waals surface area contributed by atoms with Crippen molar-refractivity contribution in [1.29, 1.82) is 0 Å². The molecule has 0 saturated carbocycles. The Morgan fingerprint density at radius 3 is 3.06 bits per heavy atom. The molecule has 1 aliphatic heterocycles. The molecule has 1 aromatic rings. The molecule has 0 radical (unpaired) electrons. The Labute approximate surface area is 108 Å². The first-order valence-electron chi connectivity index (χ1n) is 6.55. The molecule has 0 fully saturated rings. The molecule has 1 heterocycles. The number of fused-ring (bicyclic) bond motifs is 1. The fourth-order valence-corrected chi connectivity index (χ4v) is 2.08. The Morgan fingerprint density at radius 2 is 2.22 bits per heavy atom. The molecule has 1 aliphatic rings. The predicted octanol–water partition coefficient (Wildman–Crippen LogP) is 1.48. The number of nitrogens with one attached hydrogen (secondary N) is 1. The lowest BCUT2D eigenvalue weighted by Gasteiger charge is -2.06. The van der Waals surface area contributed by atoms with E-state index in [0.29, 0.717) is 6.54 Å². The molecule has 0 aromatic heterocycles. The minimum absolute atomic E-state index is 0.00236. The van der Waals surface area contributed by atoms with Gasteiger partial charge in [-0.3, -0.25) is 4.79 Å². The highest BCUT2D eigenvalue weighted by molar-refractivity contribution is 5.94. The second-order valence-electron chi connectivity index (χ2n) is 4.53. The molecular formula is C14H20N2O2. The number of amides is 1. The molecule has 0 atom stereocenters. The van der Waals surface area contributed by atoms with Gasteiger partial charge in [0.1, 0.15) is 5.75 Å². The van der Waals surface area contributed by atoms with E-state index in [2.05, 4.69) is 5.32 Å². The second kappa shape index (κ2) is 6.40. The number of carbonyl (C=O) groups excluding carboxylic acids is 1. The van der Waals surface area contributed by atoms with Crippen molar-refractivity contribution >= 4 is 5.91 Å². The molecule has 1 amide bonds. The number of unbranched alkanes of at least 4 members (excludes halogenated alkanes) is 2.